The minimum absolute atomic E-state index is 0.0224. The first-order chi connectivity index (χ1) is 10.1. The summed E-state index contributed by atoms with van der Waals surface area (Å²) < 4.78 is 5.83. The Hall–Kier alpha value is -1.33. The van der Waals surface area contributed by atoms with Gasteiger partial charge in [-0.2, -0.15) is 0 Å². The highest BCUT2D eigenvalue weighted by Crippen LogP contribution is 2.19. The molecule has 0 unspecified atom stereocenters. The van der Waals surface area contributed by atoms with E-state index in [1.54, 1.807) is 18.3 Å². The van der Waals surface area contributed by atoms with Crippen molar-refractivity contribution >= 4 is 17.5 Å². The molecule has 2 atom stereocenters. The summed E-state index contributed by atoms with van der Waals surface area (Å²) in [6.45, 7) is 3.35. The quantitative estimate of drug-likeness (QED) is 0.905. The van der Waals surface area contributed by atoms with Crippen molar-refractivity contribution in [3.8, 4) is 5.88 Å². The molecule has 1 fully saturated rings. The molecule has 0 spiro atoms. The van der Waals surface area contributed by atoms with Gasteiger partial charge in [0, 0.05) is 18.8 Å². The molecule has 0 bridgehead atoms. The van der Waals surface area contributed by atoms with Crippen LogP contribution in [-0.4, -0.2) is 41.0 Å². The third kappa shape index (κ3) is 4.58. The van der Waals surface area contributed by atoms with Crippen molar-refractivity contribution in [3.63, 3.8) is 0 Å². The minimum Gasteiger partial charge on any atom is -0.472 e. The molecule has 0 saturated carbocycles. The van der Waals surface area contributed by atoms with Gasteiger partial charge in [-0.3, -0.25) is 4.79 Å². The van der Waals surface area contributed by atoms with Gasteiger partial charge < -0.3 is 15.4 Å². The second kappa shape index (κ2) is 7.61. The van der Waals surface area contributed by atoms with Crippen LogP contribution < -0.4 is 10.5 Å². The summed E-state index contributed by atoms with van der Waals surface area (Å²) in [5.41, 5.74) is 5.91. The third-order valence-corrected chi connectivity index (χ3v) is 3.82. The smallest absolute Gasteiger partial charge is 0.239 e. The summed E-state index contributed by atoms with van der Waals surface area (Å²) in [5, 5.41) is 0.577. The number of carbonyl (C=O) groups excluding carboxylic acids is 1. The molecule has 0 aliphatic carbocycles. The van der Waals surface area contributed by atoms with Gasteiger partial charge in [-0.1, -0.05) is 24.9 Å². The van der Waals surface area contributed by atoms with E-state index in [0.29, 0.717) is 17.4 Å². The van der Waals surface area contributed by atoms with E-state index in [0.717, 1.165) is 32.2 Å². The predicted octanol–water partition coefficient (Wildman–Crippen LogP) is 2.23. The van der Waals surface area contributed by atoms with E-state index in [1.807, 2.05) is 11.8 Å². The van der Waals surface area contributed by atoms with Gasteiger partial charge >= 0.3 is 0 Å². The lowest BCUT2D eigenvalue weighted by Crippen LogP contribution is -2.50. The van der Waals surface area contributed by atoms with Gasteiger partial charge in [0.05, 0.1) is 17.6 Å². The Kier molecular flexibility index (Phi) is 5.82. The molecule has 6 heteroatoms. The fraction of sp³-hybridized carbons (Fsp3) is 0.600. The Labute approximate surface area is 130 Å². The predicted molar refractivity (Wildman–Crippen MR) is 82.4 cm³/mol. The van der Waals surface area contributed by atoms with Crippen molar-refractivity contribution in [1.29, 1.82) is 0 Å². The molecule has 1 aromatic heterocycles. The number of hydrogen-bond donors (Lipinski definition) is 1. The number of rotatable bonds is 5. The van der Waals surface area contributed by atoms with Crippen LogP contribution in [0.5, 0.6) is 5.88 Å². The molecule has 1 aliphatic heterocycles. The van der Waals surface area contributed by atoms with E-state index in [9.17, 15) is 4.79 Å². The van der Waals surface area contributed by atoms with Crippen molar-refractivity contribution in [2.75, 3.05) is 13.1 Å². The third-order valence-electron chi connectivity index (χ3n) is 3.59. The van der Waals surface area contributed by atoms with Gasteiger partial charge in [0.25, 0.3) is 0 Å². The molecular weight excluding hydrogens is 290 g/mol. The number of ether oxygens (including phenoxy) is 1. The summed E-state index contributed by atoms with van der Waals surface area (Å²) in [5.74, 6) is 0.561. The lowest BCUT2D eigenvalue weighted by atomic mass is 10.1. The van der Waals surface area contributed by atoms with Crippen LogP contribution in [0.4, 0.5) is 0 Å². The van der Waals surface area contributed by atoms with Gasteiger partial charge in [0.15, 0.2) is 0 Å². The van der Waals surface area contributed by atoms with E-state index in [-0.39, 0.29) is 12.0 Å². The summed E-state index contributed by atoms with van der Waals surface area (Å²) in [4.78, 5) is 18.2. The van der Waals surface area contributed by atoms with E-state index < -0.39 is 6.04 Å². The molecule has 0 radical (unpaired) electrons. The van der Waals surface area contributed by atoms with E-state index in [2.05, 4.69) is 4.98 Å². The number of likely N-dealkylation sites (tertiary alicyclic amines) is 1. The summed E-state index contributed by atoms with van der Waals surface area (Å²) in [6, 6.07) is 3.08. The van der Waals surface area contributed by atoms with Crippen LogP contribution in [0.3, 0.4) is 0 Å². The second-order valence-electron chi connectivity index (χ2n) is 5.38. The summed E-state index contributed by atoms with van der Waals surface area (Å²) in [6.07, 6.45) is 4.99. The van der Waals surface area contributed by atoms with Gasteiger partial charge in [0.1, 0.15) is 6.10 Å². The van der Waals surface area contributed by atoms with Crippen molar-refractivity contribution in [3.05, 3.63) is 23.4 Å². The van der Waals surface area contributed by atoms with Crippen LogP contribution in [0.15, 0.2) is 18.3 Å². The van der Waals surface area contributed by atoms with Gasteiger partial charge in [-0.25, -0.2) is 4.98 Å². The molecule has 1 saturated heterocycles. The molecule has 2 heterocycles. The molecule has 5 nitrogen and oxygen atoms in total. The first kappa shape index (κ1) is 16.0. The molecule has 2 N–H and O–H groups in total. The zero-order valence-electron chi connectivity index (χ0n) is 12.3. The largest absolute Gasteiger partial charge is 0.472 e. The number of aromatic nitrogens is 1. The molecule has 1 aromatic rings. The SMILES string of the molecule is CCC[C@H](N)C(=O)N1CCC[C@@H](Oc2ccc(Cl)cn2)C1. The summed E-state index contributed by atoms with van der Waals surface area (Å²) >= 11 is 5.80. The van der Waals surface area contributed by atoms with Gasteiger partial charge in [-0.15, -0.1) is 0 Å². The molecule has 21 heavy (non-hydrogen) atoms. The first-order valence-corrected chi connectivity index (χ1v) is 7.80. The van der Waals surface area contributed by atoms with Crippen molar-refractivity contribution < 1.29 is 9.53 Å². The Bertz CT molecular complexity index is 466. The highest BCUT2D eigenvalue weighted by molar-refractivity contribution is 6.30. The number of nitrogens with zero attached hydrogens (tertiary/aromatic N) is 2. The Balaban J connectivity index is 1.91. The summed E-state index contributed by atoms with van der Waals surface area (Å²) in [7, 11) is 0. The monoisotopic (exact) mass is 311 g/mol. The average Bonchev–Trinajstić information content (AvgIpc) is 2.49. The van der Waals surface area contributed by atoms with Crippen molar-refractivity contribution in [2.45, 2.75) is 44.8 Å². The molecule has 1 amide bonds. The highest BCUT2D eigenvalue weighted by atomic mass is 35.5. The minimum atomic E-state index is -0.401. The average molecular weight is 312 g/mol. The Morgan fingerprint density at radius 1 is 1.62 bits per heavy atom. The van der Waals surface area contributed by atoms with E-state index in [1.165, 1.54) is 0 Å². The molecule has 116 valence electrons. The molecular formula is C15H22ClN3O2. The number of piperidine rings is 1. The lowest BCUT2D eigenvalue weighted by molar-refractivity contribution is -0.135. The van der Waals surface area contributed by atoms with Gasteiger partial charge in [0.2, 0.25) is 11.8 Å². The lowest BCUT2D eigenvalue weighted by Gasteiger charge is -2.34. The number of carbonyl (C=O) groups is 1. The Morgan fingerprint density at radius 3 is 3.10 bits per heavy atom. The first-order valence-electron chi connectivity index (χ1n) is 7.42. The van der Waals surface area contributed by atoms with Crippen molar-refractivity contribution in [2.24, 2.45) is 5.73 Å². The standard InChI is InChI=1S/C15H22ClN3O2/c1-2-4-13(17)15(20)19-8-3-5-12(10-19)21-14-7-6-11(16)9-18-14/h6-7,9,12-13H,2-5,8,10,17H2,1H3/t12-,13+/m1/s1. The van der Waals surface area contributed by atoms with Crippen LogP contribution in [0.1, 0.15) is 32.6 Å². The van der Waals surface area contributed by atoms with Gasteiger partial charge in [-0.05, 0) is 25.3 Å². The van der Waals surface area contributed by atoms with E-state index >= 15 is 0 Å². The molecule has 2 rings (SSSR count). The normalized spacial score (nSPS) is 20.1. The maximum Gasteiger partial charge on any atom is 0.239 e. The number of hydrogen-bond acceptors (Lipinski definition) is 4. The topological polar surface area (TPSA) is 68.5 Å². The second-order valence-corrected chi connectivity index (χ2v) is 5.81. The van der Waals surface area contributed by atoms with E-state index in [4.69, 9.17) is 22.1 Å². The fourth-order valence-corrected chi connectivity index (χ4v) is 2.62. The number of amides is 1. The maximum atomic E-state index is 12.2. The van der Waals surface area contributed by atoms with Crippen LogP contribution in [-0.2, 0) is 4.79 Å². The van der Waals surface area contributed by atoms with Crippen LogP contribution >= 0.6 is 11.6 Å². The molecule has 0 aromatic carbocycles. The fourth-order valence-electron chi connectivity index (χ4n) is 2.51. The zero-order chi connectivity index (χ0) is 15.2. The maximum absolute atomic E-state index is 12.2. The van der Waals surface area contributed by atoms with Crippen LogP contribution in [0.2, 0.25) is 5.02 Å². The number of pyridine rings is 1. The highest BCUT2D eigenvalue weighted by Gasteiger charge is 2.27. The number of nitrogens with two attached hydrogens (primary N) is 1. The number of halogens is 1. The Morgan fingerprint density at radius 2 is 2.43 bits per heavy atom. The molecule has 1 aliphatic rings. The van der Waals surface area contributed by atoms with Crippen molar-refractivity contribution in [1.82, 2.24) is 9.88 Å². The van der Waals surface area contributed by atoms with Crippen LogP contribution in [0, 0.1) is 0 Å². The zero-order valence-corrected chi connectivity index (χ0v) is 13.1. The van der Waals surface area contributed by atoms with Crippen LogP contribution in [0.25, 0.3) is 0 Å².